The fraction of sp³-hybridized carbons (Fsp3) is 0.455. The van der Waals surface area contributed by atoms with Crippen LogP contribution in [0.2, 0.25) is 0 Å². The number of hydrogen-bond acceptors (Lipinski definition) is 4. The Kier molecular flexibility index (Phi) is 5.02. The van der Waals surface area contributed by atoms with Gasteiger partial charge >= 0.3 is 0 Å². The first-order valence-corrected chi connectivity index (χ1v) is 5.48. The molecule has 0 aromatic heterocycles. The zero-order valence-electron chi connectivity index (χ0n) is 8.67. The van der Waals surface area contributed by atoms with Crippen molar-refractivity contribution in [1.29, 1.82) is 0 Å². The molecule has 0 aliphatic carbocycles. The molecule has 1 aromatic rings. The van der Waals surface area contributed by atoms with Crippen molar-refractivity contribution < 1.29 is 20.4 Å². The summed E-state index contributed by atoms with van der Waals surface area (Å²) >= 11 is 5.46. The Bertz CT molecular complexity index is 343. The fourth-order valence-electron chi connectivity index (χ4n) is 1.41. The summed E-state index contributed by atoms with van der Waals surface area (Å²) in [5, 5.41) is 37.6. The van der Waals surface area contributed by atoms with Crippen LogP contribution in [0.25, 0.3) is 0 Å². The number of rotatable bonds is 5. The molecule has 2 atom stereocenters. The van der Waals surface area contributed by atoms with Gasteiger partial charge in [0.15, 0.2) is 0 Å². The van der Waals surface area contributed by atoms with Gasteiger partial charge in [0, 0.05) is 11.4 Å². The lowest BCUT2D eigenvalue weighted by Crippen LogP contribution is -2.18. The van der Waals surface area contributed by atoms with Crippen LogP contribution in [-0.4, -0.2) is 32.4 Å². The molecule has 0 amide bonds. The lowest BCUT2D eigenvalue weighted by molar-refractivity contribution is 0.0169. The Labute approximate surface area is 98.7 Å². The van der Waals surface area contributed by atoms with Crippen LogP contribution in [0.1, 0.15) is 23.7 Å². The highest BCUT2D eigenvalue weighted by atomic mass is 35.5. The zero-order valence-corrected chi connectivity index (χ0v) is 9.43. The molecule has 0 saturated heterocycles. The van der Waals surface area contributed by atoms with Gasteiger partial charge in [0.2, 0.25) is 0 Å². The van der Waals surface area contributed by atoms with Crippen LogP contribution >= 0.6 is 11.6 Å². The Morgan fingerprint density at radius 1 is 1.25 bits per heavy atom. The standard InChI is InChI=1S/C11H15ClO4/c12-4-3-10(15)11(16)7-1-2-9(14)8(5-7)6-13/h1-2,5,10-11,13-16H,3-4,6H2. The summed E-state index contributed by atoms with van der Waals surface area (Å²) < 4.78 is 0. The van der Waals surface area contributed by atoms with Gasteiger partial charge in [0.05, 0.1) is 12.7 Å². The number of hydrogen-bond donors (Lipinski definition) is 4. The van der Waals surface area contributed by atoms with E-state index in [2.05, 4.69) is 0 Å². The van der Waals surface area contributed by atoms with E-state index in [1.54, 1.807) is 0 Å². The maximum absolute atomic E-state index is 9.76. The molecule has 2 unspecified atom stereocenters. The highest BCUT2D eigenvalue weighted by molar-refractivity contribution is 6.17. The van der Waals surface area contributed by atoms with Gasteiger partial charge < -0.3 is 20.4 Å². The van der Waals surface area contributed by atoms with E-state index in [9.17, 15) is 15.3 Å². The van der Waals surface area contributed by atoms with Crippen LogP contribution in [0.3, 0.4) is 0 Å². The van der Waals surface area contributed by atoms with Crippen molar-refractivity contribution in [2.24, 2.45) is 0 Å². The van der Waals surface area contributed by atoms with Crippen molar-refractivity contribution in [1.82, 2.24) is 0 Å². The predicted octanol–water partition coefficient (Wildman–Crippen LogP) is 0.908. The van der Waals surface area contributed by atoms with E-state index in [1.165, 1.54) is 18.2 Å². The zero-order chi connectivity index (χ0) is 12.1. The number of phenols is 1. The predicted molar refractivity (Wildman–Crippen MR) is 60.3 cm³/mol. The minimum absolute atomic E-state index is 0.0368. The monoisotopic (exact) mass is 246 g/mol. The average Bonchev–Trinajstić information content (AvgIpc) is 2.29. The van der Waals surface area contributed by atoms with Crippen LogP contribution in [0, 0.1) is 0 Å². The molecule has 5 heteroatoms. The molecule has 0 radical (unpaired) electrons. The first-order chi connectivity index (χ1) is 7.60. The van der Waals surface area contributed by atoms with Gasteiger partial charge in [0.1, 0.15) is 11.9 Å². The first-order valence-electron chi connectivity index (χ1n) is 4.95. The van der Waals surface area contributed by atoms with Crippen LogP contribution in [0.5, 0.6) is 5.75 Å². The maximum atomic E-state index is 9.76. The second-order valence-electron chi connectivity index (χ2n) is 3.54. The first kappa shape index (κ1) is 13.3. The molecule has 0 aliphatic heterocycles. The second-order valence-corrected chi connectivity index (χ2v) is 3.91. The van der Waals surface area contributed by atoms with E-state index >= 15 is 0 Å². The Hall–Kier alpha value is -0.810. The molecule has 90 valence electrons. The average molecular weight is 247 g/mol. The highest BCUT2D eigenvalue weighted by Gasteiger charge is 2.18. The maximum Gasteiger partial charge on any atom is 0.121 e. The molecule has 1 aromatic carbocycles. The molecule has 0 fully saturated rings. The summed E-state index contributed by atoms with van der Waals surface area (Å²) in [7, 11) is 0. The van der Waals surface area contributed by atoms with E-state index < -0.39 is 12.2 Å². The van der Waals surface area contributed by atoms with Gasteiger partial charge in [-0.3, -0.25) is 0 Å². The molecule has 0 heterocycles. The van der Waals surface area contributed by atoms with E-state index in [0.29, 0.717) is 11.1 Å². The van der Waals surface area contributed by atoms with Crippen LogP contribution in [0.4, 0.5) is 0 Å². The summed E-state index contributed by atoms with van der Waals surface area (Å²) in [5.74, 6) is 0.216. The molecule has 1 rings (SSSR count). The Morgan fingerprint density at radius 2 is 1.94 bits per heavy atom. The summed E-state index contributed by atoms with van der Waals surface area (Å²) in [5.41, 5.74) is 0.758. The van der Waals surface area contributed by atoms with Crippen molar-refractivity contribution in [2.75, 3.05) is 5.88 Å². The Morgan fingerprint density at radius 3 is 2.50 bits per heavy atom. The van der Waals surface area contributed by atoms with Gasteiger partial charge in [-0.15, -0.1) is 11.6 Å². The SMILES string of the molecule is OCc1cc(C(O)C(O)CCCl)ccc1O. The highest BCUT2D eigenvalue weighted by Crippen LogP contribution is 2.25. The molecule has 0 saturated carbocycles. The smallest absolute Gasteiger partial charge is 0.121 e. The van der Waals surface area contributed by atoms with Crippen molar-refractivity contribution in [2.45, 2.75) is 25.2 Å². The van der Waals surface area contributed by atoms with Gasteiger partial charge in [-0.25, -0.2) is 0 Å². The van der Waals surface area contributed by atoms with Gasteiger partial charge in [-0.2, -0.15) is 0 Å². The number of benzene rings is 1. The quantitative estimate of drug-likeness (QED) is 0.582. The third-order valence-electron chi connectivity index (χ3n) is 2.38. The molecule has 4 nitrogen and oxygen atoms in total. The number of aliphatic hydroxyl groups is 3. The minimum atomic E-state index is -1.07. The lowest BCUT2D eigenvalue weighted by Gasteiger charge is -2.18. The van der Waals surface area contributed by atoms with Crippen molar-refractivity contribution >= 4 is 11.6 Å². The molecular formula is C11H15ClO4. The largest absolute Gasteiger partial charge is 0.508 e. The van der Waals surface area contributed by atoms with Crippen LogP contribution in [0.15, 0.2) is 18.2 Å². The molecule has 0 bridgehead atoms. The summed E-state index contributed by atoms with van der Waals surface area (Å²) in [4.78, 5) is 0. The fourth-order valence-corrected chi connectivity index (χ4v) is 1.63. The molecule has 4 N–H and O–H groups in total. The van der Waals surface area contributed by atoms with Crippen molar-refractivity contribution in [3.8, 4) is 5.75 Å². The molecule has 16 heavy (non-hydrogen) atoms. The number of halogens is 1. The normalized spacial score (nSPS) is 14.8. The summed E-state index contributed by atoms with van der Waals surface area (Å²) in [6, 6.07) is 4.32. The van der Waals surface area contributed by atoms with Crippen molar-refractivity contribution in [3.63, 3.8) is 0 Å². The number of aliphatic hydroxyl groups excluding tert-OH is 3. The number of aromatic hydroxyl groups is 1. The molecule has 0 aliphatic rings. The van der Waals surface area contributed by atoms with E-state index in [-0.39, 0.29) is 24.7 Å². The third kappa shape index (κ3) is 3.09. The van der Waals surface area contributed by atoms with E-state index in [0.717, 1.165) is 0 Å². The minimum Gasteiger partial charge on any atom is -0.508 e. The topological polar surface area (TPSA) is 80.9 Å². The van der Waals surface area contributed by atoms with Crippen LogP contribution < -0.4 is 0 Å². The summed E-state index contributed by atoms with van der Waals surface area (Å²) in [6.07, 6.45) is -1.74. The molecule has 0 spiro atoms. The third-order valence-corrected chi connectivity index (χ3v) is 2.60. The summed E-state index contributed by atoms with van der Waals surface area (Å²) in [6.45, 7) is -0.321. The van der Waals surface area contributed by atoms with Gasteiger partial charge in [0.25, 0.3) is 0 Å². The molecular weight excluding hydrogens is 232 g/mol. The second kappa shape index (κ2) is 6.06. The van der Waals surface area contributed by atoms with Gasteiger partial charge in [-0.05, 0) is 24.1 Å². The van der Waals surface area contributed by atoms with E-state index in [1.807, 2.05) is 0 Å². The van der Waals surface area contributed by atoms with Crippen molar-refractivity contribution in [3.05, 3.63) is 29.3 Å². The van der Waals surface area contributed by atoms with Crippen LogP contribution in [-0.2, 0) is 6.61 Å². The number of alkyl halides is 1. The lowest BCUT2D eigenvalue weighted by atomic mass is 10.0. The Balaban J connectivity index is 2.87. The van der Waals surface area contributed by atoms with Gasteiger partial charge in [-0.1, -0.05) is 6.07 Å². The van der Waals surface area contributed by atoms with E-state index in [4.69, 9.17) is 16.7 Å².